The smallest absolute Gasteiger partial charge is 0.314 e. The molecule has 2 amide bonds. The summed E-state index contributed by atoms with van der Waals surface area (Å²) in [5.41, 5.74) is 7.07. The first kappa shape index (κ1) is 26.6. The van der Waals surface area contributed by atoms with E-state index in [1.54, 1.807) is 15.8 Å². The van der Waals surface area contributed by atoms with E-state index in [9.17, 15) is 9.59 Å². The van der Waals surface area contributed by atoms with Gasteiger partial charge in [-0.05, 0) is 37.6 Å². The molecule has 36 heavy (non-hydrogen) atoms. The van der Waals surface area contributed by atoms with E-state index in [4.69, 9.17) is 15.2 Å². The molecule has 198 valence electrons. The standard InChI is InChI=1S/C25H40N6O4Si/c1-17-7-8-21(18-6-5-9-34-15-18)30(14-17)25(33)24(32)29-20-13-27-23(26)19-12-28-31(22(19)20)16-35-10-11-36(2,3)4/h12-13,17-18,21H,5-11,14-16H2,1-4H3,(H2,26,27)(H,29,32)/t17-,18-,21+/m0/s1. The Morgan fingerprint density at radius 2 is 2.06 bits per heavy atom. The van der Waals surface area contributed by atoms with Crippen molar-refractivity contribution >= 4 is 42.3 Å². The second kappa shape index (κ2) is 11.3. The number of piperidine rings is 1. The third-order valence-electron chi connectivity index (χ3n) is 7.22. The van der Waals surface area contributed by atoms with E-state index < -0.39 is 19.9 Å². The number of nitrogens with zero attached hydrogens (tertiary/aromatic N) is 4. The molecule has 4 heterocycles. The zero-order valence-electron chi connectivity index (χ0n) is 22.0. The first-order chi connectivity index (χ1) is 17.1. The van der Waals surface area contributed by atoms with Crippen LogP contribution in [0.15, 0.2) is 12.4 Å². The predicted molar refractivity (Wildman–Crippen MR) is 142 cm³/mol. The summed E-state index contributed by atoms with van der Waals surface area (Å²) < 4.78 is 13.2. The zero-order chi connectivity index (χ0) is 25.9. The van der Waals surface area contributed by atoms with E-state index in [-0.39, 0.29) is 18.7 Å². The topological polar surface area (TPSA) is 125 Å². The molecule has 2 saturated heterocycles. The van der Waals surface area contributed by atoms with E-state index in [0.29, 0.717) is 48.1 Å². The molecular weight excluding hydrogens is 476 g/mol. The van der Waals surface area contributed by atoms with Gasteiger partial charge in [0, 0.05) is 39.8 Å². The van der Waals surface area contributed by atoms with Crippen molar-refractivity contribution in [2.45, 2.75) is 71.1 Å². The number of carbonyl (C=O) groups excluding carboxylic acids is 2. The minimum absolute atomic E-state index is 0.0228. The van der Waals surface area contributed by atoms with Crippen molar-refractivity contribution in [3.8, 4) is 0 Å². The first-order valence-corrected chi connectivity index (χ1v) is 16.7. The Labute approximate surface area is 213 Å². The van der Waals surface area contributed by atoms with Crippen LogP contribution < -0.4 is 11.1 Å². The summed E-state index contributed by atoms with van der Waals surface area (Å²) in [4.78, 5) is 32.6. The van der Waals surface area contributed by atoms with Crippen LogP contribution in [0.3, 0.4) is 0 Å². The van der Waals surface area contributed by atoms with Crippen LogP contribution in [0.25, 0.3) is 10.9 Å². The van der Waals surface area contributed by atoms with Crippen LogP contribution in [0.2, 0.25) is 25.7 Å². The van der Waals surface area contributed by atoms with Gasteiger partial charge in [0.1, 0.15) is 12.5 Å². The largest absolute Gasteiger partial charge is 0.383 e. The summed E-state index contributed by atoms with van der Waals surface area (Å²) >= 11 is 0. The molecule has 0 aliphatic carbocycles. The number of amides is 2. The monoisotopic (exact) mass is 516 g/mol. The van der Waals surface area contributed by atoms with Gasteiger partial charge in [0.2, 0.25) is 0 Å². The average Bonchev–Trinajstić information content (AvgIpc) is 3.28. The molecule has 0 spiro atoms. The molecule has 2 aliphatic rings. The van der Waals surface area contributed by atoms with Gasteiger partial charge in [-0.25, -0.2) is 9.67 Å². The molecule has 0 unspecified atom stereocenters. The van der Waals surface area contributed by atoms with Gasteiger partial charge in [-0.3, -0.25) is 9.59 Å². The van der Waals surface area contributed by atoms with Crippen LogP contribution >= 0.6 is 0 Å². The number of nitrogens with two attached hydrogens (primary N) is 1. The number of fused-ring (bicyclic) bond motifs is 1. The number of ether oxygens (including phenoxy) is 2. The third-order valence-corrected chi connectivity index (χ3v) is 8.92. The second-order valence-corrected chi connectivity index (χ2v) is 17.1. The SMILES string of the molecule is C[C@H]1CC[C@H]([C@H]2CCCOC2)N(C(=O)C(=O)Nc2cnc(N)c3cnn(COCC[Si](C)(C)C)c23)C1. The summed E-state index contributed by atoms with van der Waals surface area (Å²) in [5.74, 6) is -0.264. The number of pyridine rings is 1. The molecule has 2 aromatic rings. The molecular formula is C25H40N6O4Si. The summed E-state index contributed by atoms with van der Waals surface area (Å²) in [7, 11) is -1.22. The molecule has 10 nitrogen and oxygen atoms in total. The van der Waals surface area contributed by atoms with Crippen LogP contribution in [0.1, 0.15) is 32.6 Å². The lowest BCUT2D eigenvalue weighted by Crippen LogP contribution is -2.54. The fourth-order valence-corrected chi connectivity index (χ4v) is 5.87. The van der Waals surface area contributed by atoms with Crippen molar-refractivity contribution in [1.82, 2.24) is 19.7 Å². The highest BCUT2D eigenvalue weighted by molar-refractivity contribution is 6.76. The minimum Gasteiger partial charge on any atom is -0.383 e. The van der Waals surface area contributed by atoms with Gasteiger partial charge >= 0.3 is 11.8 Å². The van der Waals surface area contributed by atoms with Gasteiger partial charge in [-0.1, -0.05) is 26.6 Å². The first-order valence-electron chi connectivity index (χ1n) is 13.0. The van der Waals surface area contributed by atoms with Gasteiger partial charge in [0.05, 0.1) is 35.6 Å². The number of hydrogen-bond acceptors (Lipinski definition) is 7. The third kappa shape index (κ3) is 6.24. The number of aromatic nitrogens is 3. The lowest BCUT2D eigenvalue weighted by molar-refractivity contribution is -0.148. The highest BCUT2D eigenvalue weighted by atomic mass is 28.3. The number of nitrogen functional groups attached to an aromatic ring is 1. The Bertz CT molecular complexity index is 1080. The molecule has 3 N–H and O–H groups in total. The van der Waals surface area contributed by atoms with Gasteiger partial charge in [0.25, 0.3) is 0 Å². The maximum absolute atomic E-state index is 13.4. The molecule has 0 saturated carbocycles. The van der Waals surface area contributed by atoms with Gasteiger partial charge < -0.3 is 25.4 Å². The van der Waals surface area contributed by atoms with E-state index in [0.717, 1.165) is 38.3 Å². The fourth-order valence-electron chi connectivity index (χ4n) is 5.11. The van der Waals surface area contributed by atoms with E-state index >= 15 is 0 Å². The highest BCUT2D eigenvalue weighted by Crippen LogP contribution is 2.32. The Morgan fingerprint density at radius 1 is 1.25 bits per heavy atom. The van der Waals surface area contributed by atoms with Crippen molar-refractivity contribution in [3.05, 3.63) is 12.4 Å². The van der Waals surface area contributed by atoms with E-state index in [1.807, 2.05) is 0 Å². The molecule has 4 rings (SSSR count). The van der Waals surface area contributed by atoms with Crippen LogP contribution in [0, 0.1) is 11.8 Å². The van der Waals surface area contributed by atoms with Crippen molar-refractivity contribution in [3.63, 3.8) is 0 Å². The van der Waals surface area contributed by atoms with E-state index in [2.05, 4.69) is 42.0 Å². The normalized spacial score (nSPS) is 23.1. The Hall–Kier alpha value is -2.50. The fraction of sp³-hybridized carbons (Fsp3) is 0.680. The molecule has 2 fully saturated rings. The van der Waals surface area contributed by atoms with Crippen molar-refractivity contribution in [2.75, 3.05) is 37.4 Å². The van der Waals surface area contributed by atoms with Crippen LogP contribution in [-0.2, 0) is 25.8 Å². The molecule has 2 aliphatic heterocycles. The number of carbonyl (C=O) groups is 2. The number of anilines is 2. The number of hydrogen-bond donors (Lipinski definition) is 2. The molecule has 0 radical (unpaired) electrons. The molecule has 11 heteroatoms. The van der Waals surface area contributed by atoms with Gasteiger partial charge in [-0.15, -0.1) is 0 Å². The summed E-state index contributed by atoms with van der Waals surface area (Å²) in [6, 6.07) is 1.06. The maximum atomic E-state index is 13.4. The van der Waals surface area contributed by atoms with Crippen molar-refractivity contribution in [2.24, 2.45) is 11.8 Å². The molecule has 0 bridgehead atoms. The summed E-state index contributed by atoms with van der Waals surface area (Å²) in [6.45, 7) is 11.9. The highest BCUT2D eigenvalue weighted by Gasteiger charge is 2.38. The lowest BCUT2D eigenvalue weighted by atomic mass is 9.83. The number of rotatable bonds is 7. The van der Waals surface area contributed by atoms with Crippen LogP contribution in [0.4, 0.5) is 11.5 Å². The Balaban J connectivity index is 1.50. The summed E-state index contributed by atoms with van der Waals surface area (Å²) in [6.07, 6.45) is 7.04. The number of nitrogens with one attached hydrogen (secondary N) is 1. The Kier molecular flexibility index (Phi) is 8.31. The quantitative estimate of drug-likeness (QED) is 0.329. The lowest BCUT2D eigenvalue weighted by Gasteiger charge is -2.43. The zero-order valence-corrected chi connectivity index (χ0v) is 23.0. The maximum Gasteiger partial charge on any atom is 0.314 e. The number of likely N-dealkylation sites (tertiary alicyclic amines) is 1. The minimum atomic E-state index is -1.22. The average molecular weight is 517 g/mol. The van der Waals surface area contributed by atoms with Crippen molar-refractivity contribution in [1.29, 1.82) is 0 Å². The van der Waals surface area contributed by atoms with Crippen LogP contribution in [0.5, 0.6) is 0 Å². The summed E-state index contributed by atoms with van der Waals surface area (Å²) in [5, 5.41) is 7.81. The molecule has 2 aromatic heterocycles. The predicted octanol–water partition coefficient (Wildman–Crippen LogP) is 3.32. The van der Waals surface area contributed by atoms with Gasteiger partial charge in [-0.2, -0.15) is 5.10 Å². The van der Waals surface area contributed by atoms with E-state index in [1.165, 1.54) is 6.20 Å². The molecule has 3 atom stereocenters. The second-order valence-electron chi connectivity index (χ2n) is 11.5. The molecule has 0 aromatic carbocycles. The van der Waals surface area contributed by atoms with Crippen LogP contribution in [-0.4, -0.2) is 72.0 Å². The Morgan fingerprint density at radius 3 is 2.78 bits per heavy atom. The van der Waals surface area contributed by atoms with Crippen molar-refractivity contribution < 1.29 is 19.1 Å². The van der Waals surface area contributed by atoms with Gasteiger partial charge in [0.15, 0.2) is 0 Å².